The van der Waals surface area contributed by atoms with Gasteiger partial charge < -0.3 is 14.2 Å². The Labute approximate surface area is 151 Å². The van der Waals surface area contributed by atoms with Crippen molar-refractivity contribution >= 4 is 11.9 Å². The Bertz CT molecular complexity index is 586. The van der Waals surface area contributed by atoms with Crippen molar-refractivity contribution in [1.29, 1.82) is 0 Å². The number of carbonyl (C=O) groups excluding carboxylic acids is 1. The Morgan fingerprint density at radius 1 is 1.24 bits per heavy atom. The first-order valence-electron chi connectivity index (χ1n) is 9.20. The van der Waals surface area contributed by atoms with Gasteiger partial charge in [-0.3, -0.25) is 4.79 Å². The third kappa shape index (κ3) is 5.98. The van der Waals surface area contributed by atoms with E-state index in [1.54, 1.807) is 13.2 Å². The number of ketones is 1. The summed E-state index contributed by atoms with van der Waals surface area (Å²) in [5.41, 5.74) is 3.30. The molecule has 1 saturated carbocycles. The van der Waals surface area contributed by atoms with E-state index in [9.17, 15) is 4.79 Å². The molecule has 0 radical (unpaired) electrons. The van der Waals surface area contributed by atoms with Crippen LogP contribution in [0.1, 0.15) is 49.3 Å². The first-order valence-corrected chi connectivity index (χ1v) is 9.20. The van der Waals surface area contributed by atoms with Gasteiger partial charge in [-0.25, -0.2) is 0 Å². The first-order chi connectivity index (χ1) is 12.2. The van der Waals surface area contributed by atoms with Crippen LogP contribution < -0.4 is 4.74 Å². The summed E-state index contributed by atoms with van der Waals surface area (Å²) in [4.78, 5) is 12.2. The van der Waals surface area contributed by atoms with Crippen molar-refractivity contribution in [2.24, 2.45) is 5.92 Å². The van der Waals surface area contributed by atoms with Crippen LogP contribution in [0.2, 0.25) is 0 Å². The zero-order valence-electron chi connectivity index (χ0n) is 15.7. The number of aryl methyl sites for hydroxylation is 2. The Morgan fingerprint density at radius 3 is 2.68 bits per heavy atom. The van der Waals surface area contributed by atoms with Gasteiger partial charge in [-0.05, 0) is 61.1 Å². The number of allylic oxidation sites excluding steroid dienone is 1. The smallest absolute Gasteiger partial charge is 0.189 e. The highest BCUT2D eigenvalue weighted by Crippen LogP contribution is 2.28. The molecular formula is C21H30O4. The van der Waals surface area contributed by atoms with Gasteiger partial charge in [-0.1, -0.05) is 25.8 Å². The maximum atomic E-state index is 12.2. The van der Waals surface area contributed by atoms with Gasteiger partial charge in [-0.2, -0.15) is 0 Å². The van der Waals surface area contributed by atoms with E-state index < -0.39 is 0 Å². The third-order valence-corrected chi connectivity index (χ3v) is 4.74. The summed E-state index contributed by atoms with van der Waals surface area (Å²) in [6.07, 6.45) is 9.02. The van der Waals surface area contributed by atoms with Crippen molar-refractivity contribution in [2.75, 3.05) is 27.1 Å². The lowest BCUT2D eigenvalue weighted by atomic mass is 9.99. The van der Waals surface area contributed by atoms with Crippen LogP contribution in [0.5, 0.6) is 5.75 Å². The maximum Gasteiger partial charge on any atom is 0.189 e. The minimum absolute atomic E-state index is 0.213. The molecule has 1 aliphatic carbocycles. The second-order valence-corrected chi connectivity index (χ2v) is 6.55. The highest BCUT2D eigenvalue weighted by Gasteiger charge is 2.20. The summed E-state index contributed by atoms with van der Waals surface area (Å²) in [5, 5.41) is 0. The zero-order valence-corrected chi connectivity index (χ0v) is 15.7. The number of hydrogen-bond acceptors (Lipinski definition) is 4. The van der Waals surface area contributed by atoms with E-state index in [1.165, 1.54) is 12.8 Å². The van der Waals surface area contributed by atoms with Crippen molar-refractivity contribution in [1.82, 2.24) is 0 Å². The van der Waals surface area contributed by atoms with Gasteiger partial charge in [0.2, 0.25) is 0 Å². The Morgan fingerprint density at radius 2 is 2.00 bits per heavy atom. The van der Waals surface area contributed by atoms with Crippen molar-refractivity contribution in [3.8, 4) is 5.75 Å². The number of carbonyl (C=O) groups is 1. The maximum absolute atomic E-state index is 12.2. The molecule has 4 nitrogen and oxygen atoms in total. The van der Waals surface area contributed by atoms with E-state index >= 15 is 0 Å². The molecule has 0 saturated heterocycles. The van der Waals surface area contributed by atoms with Gasteiger partial charge in [-0.15, -0.1) is 0 Å². The zero-order chi connectivity index (χ0) is 18.1. The first kappa shape index (κ1) is 19.7. The molecule has 0 aromatic heterocycles. The number of methoxy groups -OCH3 is 1. The second-order valence-electron chi connectivity index (χ2n) is 6.55. The molecular weight excluding hydrogens is 316 g/mol. The van der Waals surface area contributed by atoms with Gasteiger partial charge >= 0.3 is 0 Å². The van der Waals surface area contributed by atoms with Gasteiger partial charge in [0.05, 0.1) is 13.2 Å². The van der Waals surface area contributed by atoms with Crippen molar-refractivity contribution < 1.29 is 19.0 Å². The van der Waals surface area contributed by atoms with Crippen molar-refractivity contribution in [3.05, 3.63) is 34.9 Å². The summed E-state index contributed by atoms with van der Waals surface area (Å²) >= 11 is 0. The molecule has 0 N–H and O–H groups in total. The molecule has 2 rings (SSSR count). The number of benzene rings is 1. The van der Waals surface area contributed by atoms with E-state index in [1.807, 2.05) is 19.1 Å². The Kier molecular flexibility index (Phi) is 8.16. The second kappa shape index (κ2) is 10.4. The Hall–Kier alpha value is -1.65. The van der Waals surface area contributed by atoms with Crippen LogP contribution in [0.3, 0.4) is 0 Å². The molecule has 0 heterocycles. The van der Waals surface area contributed by atoms with Crippen LogP contribution in [-0.4, -0.2) is 32.9 Å². The number of rotatable bonds is 10. The minimum Gasteiger partial charge on any atom is -0.467 e. The summed E-state index contributed by atoms with van der Waals surface area (Å²) in [6.45, 7) is 5.42. The van der Waals surface area contributed by atoms with Crippen molar-refractivity contribution in [2.45, 2.75) is 46.0 Å². The van der Waals surface area contributed by atoms with E-state index in [0.29, 0.717) is 13.2 Å². The summed E-state index contributed by atoms with van der Waals surface area (Å²) in [6, 6.07) is 4.14. The average Bonchev–Trinajstić information content (AvgIpc) is 3.15. The predicted octanol–water partition coefficient (Wildman–Crippen LogP) is 4.33. The van der Waals surface area contributed by atoms with Gasteiger partial charge in [0, 0.05) is 13.0 Å². The molecule has 0 atom stereocenters. The fourth-order valence-electron chi connectivity index (χ4n) is 3.16. The quantitative estimate of drug-likeness (QED) is 0.359. The lowest BCUT2D eigenvalue weighted by Crippen LogP contribution is -2.09. The van der Waals surface area contributed by atoms with Crippen LogP contribution in [0.15, 0.2) is 18.2 Å². The predicted molar refractivity (Wildman–Crippen MR) is 99.9 cm³/mol. The van der Waals surface area contributed by atoms with Crippen molar-refractivity contribution in [3.63, 3.8) is 0 Å². The molecule has 0 amide bonds. The monoisotopic (exact) mass is 346 g/mol. The normalized spacial score (nSPS) is 15.2. The standard InChI is InChI=1S/C21H30O4/c1-4-17-14-19(9-10-20(22)18-7-5-6-8-18)16(2)13-21(17)25-15-24-12-11-23-3/h9-10,13-14,18H,4-8,11-12,15H2,1-3H3/b10-9+. The van der Waals surface area contributed by atoms with Gasteiger partial charge in [0.25, 0.3) is 0 Å². The molecule has 0 bridgehead atoms. The molecule has 4 heteroatoms. The molecule has 0 spiro atoms. The van der Waals surface area contributed by atoms with Crippen LogP contribution in [0.25, 0.3) is 6.08 Å². The molecule has 1 fully saturated rings. The summed E-state index contributed by atoms with van der Waals surface area (Å²) < 4.78 is 16.1. The van der Waals surface area contributed by atoms with Crippen LogP contribution in [-0.2, 0) is 20.7 Å². The van der Waals surface area contributed by atoms with E-state index in [2.05, 4.69) is 13.0 Å². The summed E-state index contributed by atoms with van der Waals surface area (Å²) in [7, 11) is 1.65. The fourth-order valence-corrected chi connectivity index (χ4v) is 3.16. The van der Waals surface area contributed by atoms with Crippen LogP contribution in [0, 0.1) is 12.8 Å². The third-order valence-electron chi connectivity index (χ3n) is 4.74. The number of hydrogen-bond donors (Lipinski definition) is 0. The topological polar surface area (TPSA) is 44.8 Å². The highest BCUT2D eigenvalue weighted by atomic mass is 16.7. The average molecular weight is 346 g/mol. The highest BCUT2D eigenvalue weighted by molar-refractivity contribution is 5.95. The molecule has 1 aromatic rings. The van der Waals surface area contributed by atoms with Gasteiger partial charge in [0.15, 0.2) is 12.6 Å². The van der Waals surface area contributed by atoms with Crippen LogP contribution >= 0.6 is 0 Å². The van der Waals surface area contributed by atoms with E-state index in [-0.39, 0.29) is 18.5 Å². The fraction of sp³-hybridized carbons (Fsp3) is 0.571. The minimum atomic E-state index is 0.213. The molecule has 0 aliphatic heterocycles. The summed E-state index contributed by atoms with van der Waals surface area (Å²) in [5.74, 6) is 1.34. The molecule has 0 unspecified atom stereocenters. The molecule has 25 heavy (non-hydrogen) atoms. The number of ether oxygens (including phenoxy) is 3. The molecule has 1 aliphatic rings. The lowest BCUT2D eigenvalue weighted by molar-refractivity contribution is -0.117. The van der Waals surface area contributed by atoms with Crippen LogP contribution in [0.4, 0.5) is 0 Å². The Balaban J connectivity index is 2.00. The largest absolute Gasteiger partial charge is 0.467 e. The SMILES string of the molecule is CCc1cc(/C=C/C(=O)C2CCCC2)c(C)cc1OCOCCOC. The van der Waals surface area contributed by atoms with Gasteiger partial charge in [0.1, 0.15) is 5.75 Å². The van der Waals surface area contributed by atoms with E-state index in [0.717, 1.165) is 41.7 Å². The molecule has 1 aromatic carbocycles. The van der Waals surface area contributed by atoms with E-state index in [4.69, 9.17) is 14.2 Å². The molecule has 138 valence electrons. The lowest BCUT2D eigenvalue weighted by Gasteiger charge is -2.13.